The van der Waals surface area contributed by atoms with E-state index in [9.17, 15) is 19.5 Å². The molecule has 1 N–H and O–H groups in total. The molecule has 0 spiro atoms. The van der Waals surface area contributed by atoms with Gasteiger partial charge in [-0.05, 0) is 38.5 Å². The van der Waals surface area contributed by atoms with Crippen molar-refractivity contribution in [2.45, 2.75) is 244 Å². The highest BCUT2D eigenvalue weighted by Crippen LogP contribution is 2.16. The molecule has 346 valence electrons. The second-order valence-electron chi connectivity index (χ2n) is 18.1. The Labute approximate surface area is 364 Å². The molecule has 0 aliphatic heterocycles. The monoisotopic (exact) mass is 835 g/mol. The maximum atomic E-state index is 12.8. The van der Waals surface area contributed by atoms with Crippen molar-refractivity contribution < 1.29 is 38.2 Å². The molecule has 0 aromatic carbocycles. The van der Waals surface area contributed by atoms with E-state index in [1.165, 1.54) is 148 Å². The molecule has 0 aliphatic rings. The fourth-order valence-electron chi connectivity index (χ4n) is 7.54. The van der Waals surface area contributed by atoms with Crippen LogP contribution in [0, 0.1) is 0 Å². The molecule has 8 heteroatoms. The molecule has 0 radical (unpaired) electrons. The molecular weight excluding hydrogens is 739 g/mol. The molecule has 0 bridgehead atoms. The average molecular weight is 835 g/mol. The van der Waals surface area contributed by atoms with Gasteiger partial charge in [-0.2, -0.15) is 0 Å². The van der Waals surface area contributed by atoms with Crippen LogP contribution in [0.15, 0.2) is 24.3 Å². The number of hydrogen-bond acceptors (Lipinski definition) is 6. The Morgan fingerprint density at radius 2 is 0.949 bits per heavy atom. The minimum absolute atomic E-state index is 0.0456. The lowest BCUT2D eigenvalue weighted by molar-refractivity contribution is -0.887. The summed E-state index contributed by atoms with van der Waals surface area (Å²) in [6.07, 6.45) is 47.9. The quantitative estimate of drug-likeness (QED) is 0.0282. The largest absolute Gasteiger partial charge is 0.477 e. The lowest BCUT2D eigenvalue weighted by Gasteiger charge is -2.31. The van der Waals surface area contributed by atoms with E-state index < -0.39 is 18.1 Å². The van der Waals surface area contributed by atoms with Gasteiger partial charge < -0.3 is 23.8 Å². The second-order valence-corrected chi connectivity index (χ2v) is 18.1. The zero-order chi connectivity index (χ0) is 43.5. The fraction of sp³-hybridized carbons (Fsp3) is 0.863. The summed E-state index contributed by atoms with van der Waals surface area (Å²) in [6.45, 7) is 4.67. The predicted octanol–water partition coefficient (Wildman–Crippen LogP) is 14.0. The van der Waals surface area contributed by atoms with Gasteiger partial charge in [0.1, 0.15) is 6.61 Å². The van der Waals surface area contributed by atoms with E-state index in [0.29, 0.717) is 19.3 Å². The van der Waals surface area contributed by atoms with Crippen molar-refractivity contribution in [3.63, 3.8) is 0 Å². The summed E-state index contributed by atoms with van der Waals surface area (Å²) in [5.41, 5.74) is 0. The first-order valence-corrected chi connectivity index (χ1v) is 24.9. The van der Waals surface area contributed by atoms with Gasteiger partial charge in [0, 0.05) is 19.3 Å². The van der Waals surface area contributed by atoms with E-state index in [4.69, 9.17) is 14.2 Å². The van der Waals surface area contributed by atoms with Gasteiger partial charge in [-0.1, -0.05) is 199 Å². The zero-order valence-electron chi connectivity index (χ0n) is 39.5. The van der Waals surface area contributed by atoms with Crippen LogP contribution in [0.5, 0.6) is 0 Å². The Morgan fingerprint density at radius 1 is 0.525 bits per heavy atom. The van der Waals surface area contributed by atoms with Crippen LogP contribution in [-0.2, 0) is 28.6 Å². The van der Waals surface area contributed by atoms with E-state index in [-0.39, 0.29) is 36.2 Å². The Morgan fingerprint density at radius 3 is 1.39 bits per heavy atom. The van der Waals surface area contributed by atoms with Gasteiger partial charge in [0.05, 0.1) is 34.4 Å². The molecule has 0 heterocycles. The smallest absolute Gasteiger partial charge is 0.362 e. The highest BCUT2D eigenvalue weighted by Gasteiger charge is 2.31. The molecule has 2 atom stereocenters. The first-order chi connectivity index (χ1) is 28.6. The summed E-state index contributed by atoms with van der Waals surface area (Å²) in [6, 6.07) is -0.611. The number of allylic oxidation sites excluding steroid dienone is 4. The third-order valence-electron chi connectivity index (χ3n) is 11.4. The zero-order valence-corrected chi connectivity index (χ0v) is 39.5. The third-order valence-corrected chi connectivity index (χ3v) is 11.4. The van der Waals surface area contributed by atoms with Crippen molar-refractivity contribution >= 4 is 17.9 Å². The topological polar surface area (TPSA) is 99.1 Å². The van der Waals surface area contributed by atoms with Gasteiger partial charge in [-0.15, -0.1) is 0 Å². The molecule has 0 amide bonds. The van der Waals surface area contributed by atoms with Crippen LogP contribution in [0.4, 0.5) is 0 Å². The number of carboxylic acid groups (broad SMARTS) is 1. The number of unbranched alkanes of at least 4 members (excludes halogenated alkanes) is 27. The van der Waals surface area contributed by atoms with Crippen molar-refractivity contribution in [2.24, 2.45) is 0 Å². The standard InChI is InChI=1S/C51H95NO7/c1-6-8-10-12-14-16-18-20-22-23-24-25-26-27-28-30-31-33-35-37-39-41-49(53)58-46-47(45-57-44-43-48(51(55)56)52(3,4)5)59-50(54)42-40-38-36-34-32-29-21-19-17-15-13-11-9-7-2/h8,10,14,16,47-48H,6-7,9,11-13,15,17-46H2,1-5H3/p+1/b10-8+,16-14+. The van der Waals surface area contributed by atoms with Crippen LogP contribution in [0.1, 0.15) is 232 Å². The molecule has 0 saturated carbocycles. The number of rotatable bonds is 45. The van der Waals surface area contributed by atoms with Crippen LogP contribution >= 0.6 is 0 Å². The number of nitrogens with zero attached hydrogens (tertiary/aromatic N) is 1. The number of carbonyl (C=O) groups excluding carboxylic acids is 2. The van der Waals surface area contributed by atoms with E-state index in [0.717, 1.165) is 51.4 Å². The Kier molecular flexibility index (Phi) is 40.9. The minimum Gasteiger partial charge on any atom is -0.477 e. The number of hydrogen-bond donors (Lipinski definition) is 1. The molecule has 0 aromatic rings. The first kappa shape index (κ1) is 56.8. The molecule has 0 rings (SSSR count). The van der Waals surface area contributed by atoms with Gasteiger partial charge in [-0.3, -0.25) is 9.59 Å². The van der Waals surface area contributed by atoms with Crippen LogP contribution in [0.25, 0.3) is 0 Å². The number of esters is 2. The number of carboxylic acids is 1. The van der Waals surface area contributed by atoms with Crippen molar-refractivity contribution in [3.05, 3.63) is 24.3 Å². The molecular formula is C51H96NO7+. The Hall–Kier alpha value is -2.19. The van der Waals surface area contributed by atoms with Crippen molar-refractivity contribution in [1.29, 1.82) is 0 Å². The van der Waals surface area contributed by atoms with Crippen LogP contribution in [0.2, 0.25) is 0 Å². The third kappa shape index (κ3) is 41.0. The molecule has 8 nitrogen and oxygen atoms in total. The second kappa shape index (κ2) is 42.5. The first-order valence-electron chi connectivity index (χ1n) is 24.9. The number of quaternary nitrogens is 1. The molecule has 0 aliphatic carbocycles. The van der Waals surface area contributed by atoms with E-state index in [2.05, 4.69) is 38.2 Å². The van der Waals surface area contributed by atoms with Crippen LogP contribution in [-0.4, -0.2) is 80.6 Å². The number of likely N-dealkylation sites (N-methyl/N-ethyl adjacent to an activating group) is 1. The van der Waals surface area contributed by atoms with E-state index in [1.807, 2.05) is 21.1 Å². The van der Waals surface area contributed by atoms with Gasteiger partial charge in [0.15, 0.2) is 12.1 Å². The number of carbonyl (C=O) groups is 3. The van der Waals surface area contributed by atoms with E-state index >= 15 is 0 Å². The summed E-state index contributed by atoms with van der Waals surface area (Å²) < 4.78 is 17.3. The van der Waals surface area contributed by atoms with Crippen molar-refractivity contribution in [3.8, 4) is 0 Å². The minimum atomic E-state index is -0.871. The summed E-state index contributed by atoms with van der Waals surface area (Å²) >= 11 is 0. The van der Waals surface area contributed by atoms with Crippen molar-refractivity contribution in [1.82, 2.24) is 0 Å². The molecule has 2 unspecified atom stereocenters. The van der Waals surface area contributed by atoms with Crippen LogP contribution in [0.3, 0.4) is 0 Å². The Bertz CT molecular complexity index is 1020. The number of aliphatic carboxylic acids is 1. The van der Waals surface area contributed by atoms with Gasteiger partial charge in [0.2, 0.25) is 0 Å². The lowest BCUT2D eigenvalue weighted by Crippen LogP contribution is -2.50. The number of ether oxygens (including phenoxy) is 3. The lowest BCUT2D eigenvalue weighted by atomic mass is 10.0. The van der Waals surface area contributed by atoms with Crippen molar-refractivity contribution in [2.75, 3.05) is 41.0 Å². The summed E-state index contributed by atoms with van der Waals surface area (Å²) in [4.78, 5) is 37.1. The van der Waals surface area contributed by atoms with Gasteiger partial charge in [-0.25, -0.2) is 4.79 Å². The fourth-order valence-corrected chi connectivity index (χ4v) is 7.54. The summed E-state index contributed by atoms with van der Waals surface area (Å²) in [7, 11) is 5.54. The normalized spacial score (nSPS) is 13.0. The molecule has 0 fully saturated rings. The summed E-state index contributed by atoms with van der Waals surface area (Å²) in [5.74, 6) is -1.45. The average Bonchev–Trinajstić information content (AvgIpc) is 3.19. The predicted molar refractivity (Wildman–Crippen MR) is 248 cm³/mol. The highest BCUT2D eigenvalue weighted by molar-refractivity contribution is 5.72. The summed E-state index contributed by atoms with van der Waals surface area (Å²) in [5, 5.41) is 9.64. The Balaban J connectivity index is 4.18. The highest BCUT2D eigenvalue weighted by atomic mass is 16.6. The van der Waals surface area contributed by atoms with Crippen LogP contribution < -0.4 is 0 Å². The SMILES string of the molecule is CC/C=C/C/C=C/CCCCCCCCCCCCCCCCC(=O)OCC(COCCC(C(=O)O)[N+](C)(C)C)OC(=O)CCCCCCCCCCCCCCCC. The molecule has 0 aromatic heterocycles. The maximum absolute atomic E-state index is 12.8. The maximum Gasteiger partial charge on any atom is 0.362 e. The molecule has 59 heavy (non-hydrogen) atoms. The molecule has 0 saturated heterocycles. The van der Waals surface area contributed by atoms with Gasteiger partial charge in [0.25, 0.3) is 0 Å². The van der Waals surface area contributed by atoms with E-state index in [1.54, 1.807) is 0 Å². The van der Waals surface area contributed by atoms with Gasteiger partial charge >= 0.3 is 17.9 Å².